The van der Waals surface area contributed by atoms with Gasteiger partial charge in [0.2, 0.25) is 0 Å². The van der Waals surface area contributed by atoms with Crippen LogP contribution in [0.1, 0.15) is 6.42 Å². The van der Waals surface area contributed by atoms with E-state index in [1.807, 2.05) is 84.6 Å². The molecule has 2 aromatic rings. The fourth-order valence-electron chi connectivity index (χ4n) is 2.47. The van der Waals surface area contributed by atoms with Gasteiger partial charge in [-0.15, -0.1) is 0 Å². The number of carboxylic acid groups (broad SMARTS) is 1. The summed E-state index contributed by atoms with van der Waals surface area (Å²) in [5, 5.41) is 8.97. The third-order valence-electron chi connectivity index (χ3n) is 3.75. The molecule has 5 heteroatoms. The first-order chi connectivity index (χ1) is 11.5. The van der Waals surface area contributed by atoms with E-state index in [1.54, 1.807) is 6.08 Å². The van der Waals surface area contributed by atoms with Gasteiger partial charge in [-0.3, -0.25) is 4.79 Å². The lowest BCUT2D eigenvalue weighted by Gasteiger charge is -2.32. The minimum absolute atomic E-state index is 0.116. The molecule has 0 heterocycles. The number of carbonyl (C=O) groups is 1. The highest BCUT2D eigenvalue weighted by Crippen LogP contribution is 2.24. The van der Waals surface area contributed by atoms with Gasteiger partial charge in [0.05, 0.1) is 6.42 Å². The normalized spacial score (nSPS) is 11.5. The van der Waals surface area contributed by atoms with Crippen LogP contribution < -0.4 is 15.5 Å². The van der Waals surface area contributed by atoms with Gasteiger partial charge in [0.1, 0.15) is 5.82 Å². The van der Waals surface area contributed by atoms with Gasteiger partial charge in [-0.25, -0.2) is 0 Å². The number of benzene rings is 2. The molecular formula is C19H23N3O2. The van der Waals surface area contributed by atoms with Crippen LogP contribution in [0.5, 0.6) is 0 Å². The number of anilines is 2. The van der Waals surface area contributed by atoms with E-state index in [1.165, 1.54) is 0 Å². The maximum absolute atomic E-state index is 10.9. The quantitative estimate of drug-likeness (QED) is 0.819. The van der Waals surface area contributed by atoms with Crippen molar-refractivity contribution in [2.24, 2.45) is 5.73 Å². The van der Waals surface area contributed by atoms with Gasteiger partial charge in [-0.2, -0.15) is 0 Å². The third-order valence-corrected chi connectivity index (χ3v) is 3.75. The third kappa shape index (κ3) is 4.60. The first-order valence-electron chi connectivity index (χ1n) is 7.76. The first kappa shape index (κ1) is 17.6. The van der Waals surface area contributed by atoms with E-state index in [0.717, 1.165) is 17.2 Å². The van der Waals surface area contributed by atoms with E-state index in [-0.39, 0.29) is 6.42 Å². The number of aliphatic carboxylic acids is 1. The van der Waals surface area contributed by atoms with Gasteiger partial charge < -0.3 is 20.6 Å². The molecule has 2 rings (SSSR count). The van der Waals surface area contributed by atoms with Crippen LogP contribution in [0.25, 0.3) is 0 Å². The van der Waals surface area contributed by atoms with Crippen LogP contribution in [0.2, 0.25) is 0 Å². The Bertz CT molecular complexity index is 639. The van der Waals surface area contributed by atoms with Crippen molar-refractivity contribution in [3.05, 3.63) is 72.6 Å². The summed E-state index contributed by atoms with van der Waals surface area (Å²) in [7, 11) is 3.88. The molecule has 0 aliphatic carbocycles. The van der Waals surface area contributed by atoms with Gasteiger partial charge in [0.15, 0.2) is 0 Å². The van der Waals surface area contributed by atoms with Crippen molar-refractivity contribution in [1.82, 2.24) is 0 Å². The molecular weight excluding hydrogens is 302 g/mol. The maximum Gasteiger partial charge on any atom is 0.305 e. The Morgan fingerprint density at radius 2 is 1.42 bits per heavy atom. The maximum atomic E-state index is 10.9. The summed E-state index contributed by atoms with van der Waals surface area (Å²) in [5.41, 5.74) is 7.99. The smallest absolute Gasteiger partial charge is 0.305 e. The minimum Gasteiger partial charge on any atom is -0.481 e. The summed E-state index contributed by atoms with van der Waals surface area (Å²) >= 11 is 0. The molecule has 0 bridgehead atoms. The molecule has 1 atom stereocenters. The fourth-order valence-corrected chi connectivity index (χ4v) is 2.47. The lowest BCUT2D eigenvalue weighted by atomic mass is 10.2. The highest BCUT2D eigenvalue weighted by Gasteiger charge is 2.16. The Hall–Kier alpha value is -2.79. The van der Waals surface area contributed by atoms with Crippen molar-refractivity contribution < 1.29 is 9.90 Å². The monoisotopic (exact) mass is 325 g/mol. The Balaban J connectivity index is 2.37. The number of para-hydroxylation sites is 2. The number of rotatable bonds is 7. The Labute approximate surface area is 142 Å². The molecule has 0 fully saturated rings. The van der Waals surface area contributed by atoms with Crippen LogP contribution >= 0.6 is 0 Å². The standard InChI is InChI=1S/C19H23N3O2/c1-21(16-9-5-3-6-10-16)18(13-15(20)14-19(23)24)22(2)17-11-7-4-8-12-17/h3-13,15H,14,20H2,1-2H3,(H,23,24). The Morgan fingerprint density at radius 1 is 1.00 bits per heavy atom. The lowest BCUT2D eigenvalue weighted by Crippen LogP contribution is -2.33. The predicted octanol–water partition coefficient (Wildman–Crippen LogP) is 2.90. The zero-order valence-corrected chi connectivity index (χ0v) is 14.0. The zero-order chi connectivity index (χ0) is 17.5. The molecule has 5 nitrogen and oxygen atoms in total. The molecule has 0 aliphatic heterocycles. The van der Waals surface area contributed by atoms with Crippen molar-refractivity contribution in [1.29, 1.82) is 0 Å². The second-order valence-corrected chi connectivity index (χ2v) is 5.58. The van der Waals surface area contributed by atoms with Crippen molar-refractivity contribution in [2.45, 2.75) is 12.5 Å². The minimum atomic E-state index is -0.914. The summed E-state index contributed by atoms with van der Waals surface area (Å²) in [5.74, 6) is -0.0935. The number of carboxylic acids is 1. The van der Waals surface area contributed by atoms with Gasteiger partial charge in [0.25, 0.3) is 0 Å². The van der Waals surface area contributed by atoms with Crippen LogP contribution in [0.3, 0.4) is 0 Å². The molecule has 0 radical (unpaired) electrons. The van der Waals surface area contributed by atoms with Crippen LogP contribution in [-0.2, 0) is 4.79 Å². The number of hydrogen-bond donors (Lipinski definition) is 2. The lowest BCUT2D eigenvalue weighted by molar-refractivity contribution is -0.137. The Morgan fingerprint density at radius 3 is 1.79 bits per heavy atom. The molecule has 0 spiro atoms. The molecule has 0 amide bonds. The molecule has 0 saturated carbocycles. The van der Waals surface area contributed by atoms with Gasteiger partial charge >= 0.3 is 5.97 Å². The van der Waals surface area contributed by atoms with Crippen molar-refractivity contribution in [3.8, 4) is 0 Å². The summed E-state index contributed by atoms with van der Waals surface area (Å²) in [6.07, 6.45) is 1.67. The molecule has 3 N–H and O–H groups in total. The summed E-state index contributed by atoms with van der Waals surface area (Å²) in [4.78, 5) is 14.9. The topological polar surface area (TPSA) is 69.8 Å². The largest absolute Gasteiger partial charge is 0.481 e. The van der Waals surface area contributed by atoms with E-state index in [0.29, 0.717) is 0 Å². The van der Waals surface area contributed by atoms with Crippen molar-refractivity contribution in [3.63, 3.8) is 0 Å². The molecule has 2 aromatic carbocycles. The summed E-state index contributed by atoms with van der Waals surface area (Å²) < 4.78 is 0. The number of hydrogen-bond acceptors (Lipinski definition) is 4. The van der Waals surface area contributed by atoms with Gasteiger partial charge in [0, 0.05) is 31.5 Å². The van der Waals surface area contributed by atoms with Crippen LogP contribution in [-0.4, -0.2) is 31.2 Å². The summed E-state index contributed by atoms with van der Waals surface area (Å²) in [6.45, 7) is 0. The molecule has 1 unspecified atom stereocenters. The second-order valence-electron chi connectivity index (χ2n) is 5.58. The second kappa shape index (κ2) is 8.17. The molecule has 0 aliphatic rings. The molecule has 24 heavy (non-hydrogen) atoms. The van der Waals surface area contributed by atoms with E-state index in [9.17, 15) is 4.79 Å². The molecule has 126 valence electrons. The SMILES string of the molecule is CN(C(=CC(N)CC(=O)O)N(C)c1ccccc1)c1ccccc1. The fraction of sp³-hybridized carbons (Fsp3) is 0.211. The van der Waals surface area contributed by atoms with E-state index >= 15 is 0 Å². The number of nitrogens with zero attached hydrogens (tertiary/aromatic N) is 2. The van der Waals surface area contributed by atoms with Crippen molar-refractivity contribution >= 4 is 17.3 Å². The van der Waals surface area contributed by atoms with Gasteiger partial charge in [-0.05, 0) is 30.3 Å². The van der Waals surface area contributed by atoms with E-state index in [4.69, 9.17) is 10.8 Å². The Kier molecular flexibility index (Phi) is 5.98. The van der Waals surface area contributed by atoms with Crippen LogP contribution in [0, 0.1) is 0 Å². The average Bonchev–Trinajstić information content (AvgIpc) is 2.59. The highest BCUT2D eigenvalue weighted by atomic mass is 16.4. The van der Waals surface area contributed by atoms with Crippen LogP contribution in [0.4, 0.5) is 11.4 Å². The average molecular weight is 325 g/mol. The first-order valence-corrected chi connectivity index (χ1v) is 7.76. The predicted molar refractivity (Wildman–Crippen MR) is 98.0 cm³/mol. The van der Waals surface area contributed by atoms with E-state index in [2.05, 4.69) is 0 Å². The zero-order valence-electron chi connectivity index (χ0n) is 14.0. The van der Waals surface area contributed by atoms with Crippen LogP contribution in [0.15, 0.2) is 72.6 Å². The number of nitrogens with two attached hydrogens (primary N) is 1. The summed E-state index contributed by atoms with van der Waals surface area (Å²) in [6, 6.07) is 19.2. The van der Waals surface area contributed by atoms with E-state index < -0.39 is 12.0 Å². The van der Waals surface area contributed by atoms with Crippen molar-refractivity contribution in [2.75, 3.05) is 23.9 Å². The molecule has 0 saturated heterocycles. The van der Waals surface area contributed by atoms with Gasteiger partial charge in [-0.1, -0.05) is 36.4 Å². The molecule has 0 aromatic heterocycles. The highest BCUT2D eigenvalue weighted by molar-refractivity contribution is 5.68.